The summed E-state index contributed by atoms with van der Waals surface area (Å²) in [6, 6.07) is 17.4. The number of H-pyrrole nitrogens is 1. The summed E-state index contributed by atoms with van der Waals surface area (Å²) in [4.78, 5) is 7.60. The Kier molecular flexibility index (Phi) is 6.21. The van der Waals surface area contributed by atoms with Crippen molar-refractivity contribution in [2.24, 2.45) is 0 Å². The summed E-state index contributed by atoms with van der Waals surface area (Å²) in [5.41, 5.74) is 3.75. The molecule has 0 saturated heterocycles. The number of aromatic amines is 1. The molecule has 1 N–H and O–H groups in total. The minimum absolute atomic E-state index is 0.330. The molecule has 0 saturated carbocycles. The van der Waals surface area contributed by atoms with E-state index >= 15 is 0 Å². The molecule has 0 fully saturated rings. The summed E-state index contributed by atoms with van der Waals surface area (Å²) < 4.78 is 18.0. The largest absolute Gasteiger partial charge is 0.490 e. The molecule has 0 radical (unpaired) electrons. The fourth-order valence-corrected chi connectivity index (χ4v) is 3.63. The summed E-state index contributed by atoms with van der Waals surface area (Å²) in [7, 11) is 1.69. The third-order valence-electron chi connectivity index (χ3n) is 4.89. The number of para-hydroxylation sites is 1. The Labute approximate surface area is 180 Å². The number of hydrogen-bond acceptors (Lipinski definition) is 4. The van der Waals surface area contributed by atoms with Crippen LogP contribution < -0.4 is 9.47 Å². The topological polar surface area (TPSA) is 56.4 Å². The first kappa shape index (κ1) is 20.3. The summed E-state index contributed by atoms with van der Waals surface area (Å²) in [5, 5.41) is 1.71. The van der Waals surface area contributed by atoms with Crippen molar-refractivity contribution in [1.29, 1.82) is 0 Å². The third kappa shape index (κ3) is 4.13. The van der Waals surface area contributed by atoms with Crippen LogP contribution in [-0.4, -0.2) is 23.7 Å². The van der Waals surface area contributed by atoms with Gasteiger partial charge in [0, 0.05) is 41.0 Å². The minimum Gasteiger partial charge on any atom is -0.490 e. The van der Waals surface area contributed by atoms with Crippen LogP contribution in [0.5, 0.6) is 11.5 Å². The Morgan fingerprint density at radius 2 is 1.83 bits per heavy atom. The van der Waals surface area contributed by atoms with E-state index in [0.29, 0.717) is 29.7 Å². The molecule has 154 valence electrons. The molecule has 2 aromatic heterocycles. The number of halogens is 1. The SMILES string of the molecule is CCOc1c(OCc2ccc(Cl)cc2)cccc1C(OC)c1c[nH]c2ncccc12. The number of pyridine rings is 1. The van der Waals surface area contributed by atoms with Crippen LogP contribution in [0.25, 0.3) is 11.0 Å². The van der Waals surface area contributed by atoms with Crippen molar-refractivity contribution in [2.45, 2.75) is 19.6 Å². The molecule has 4 rings (SSSR count). The van der Waals surface area contributed by atoms with Gasteiger partial charge in [0.1, 0.15) is 18.4 Å². The lowest BCUT2D eigenvalue weighted by Crippen LogP contribution is -2.08. The van der Waals surface area contributed by atoms with Crippen LogP contribution >= 0.6 is 11.6 Å². The number of fused-ring (bicyclic) bond motifs is 1. The predicted molar refractivity (Wildman–Crippen MR) is 118 cm³/mol. The molecule has 0 bridgehead atoms. The fourth-order valence-electron chi connectivity index (χ4n) is 3.51. The Morgan fingerprint density at radius 3 is 2.60 bits per heavy atom. The van der Waals surface area contributed by atoms with Gasteiger partial charge in [0.25, 0.3) is 0 Å². The second-order valence-electron chi connectivity index (χ2n) is 6.78. The van der Waals surface area contributed by atoms with Crippen LogP contribution in [0.15, 0.2) is 67.0 Å². The highest BCUT2D eigenvalue weighted by atomic mass is 35.5. The lowest BCUT2D eigenvalue weighted by molar-refractivity contribution is 0.133. The molecule has 0 spiro atoms. The van der Waals surface area contributed by atoms with Gasteiger partial charge in [-0.1, -0.05) is 35.9 Å². The zero-order chi connectivity index (χ0) is 20.9. The molecule has 2 aromatic carbocycles. The molecule has 1 atom stereocenters. The number of hydrogen-bond donors (Lipinski definition) is 1. The van der Waals surface area contributed by atoms with Crippen molar-refractivity contribution >= 4 is 22.6 Å². The summed E-state index contributed by atoms with van der Waals surface area (Å²) in [6.45, 7) is 2.88. The zero-order valence-corrected chi connectivity index (χ0v) is 17.6. The molecule has 0 aliphatic rings. The Hall–Kier alpha value is -3.02. The maximum absolute atomic E-state index is 6.11. The van der Waals surface area contributed by atoms with Crippen molar-refractivity contribution in [1.82, 2.24) is 9.97 Å². The second-order valence-corrected chi connectivity index (χ2v) is 7.22. The van der Waals surface area contributed by atoms with Crippen LogP contribution in [0, 0.1) is 0 Å². The molecule has 5 nitrogen and oxygen atoms in total. The smallest absolute Gasteiger partial charge is 0.167 e. The van der Waals surface area contributed by atoms with Crippen molar-refractivity contribution in [3.8, 4) is 11.5 Å². The van der Waals surface area contributed by atoms with E-state index < -0.39 is 0 Å². The molecular formula is C24H23ClN2O3. The van der Waals surface area contributed by atoms with Gasteiger partial charge in [-0.2, -0.15) is 0 Å². The molecule has 0 aliphatic carbocycles. The van der Waals surface area contributed by atoms with Gasteiger partial charge < -0.3 is 19.2 Å². The zero-order valence-electron chi connectivity index (χ0n) is 16.9. The van der Waals surface area contributed by atoms with Crippen LogP contribution in [0.1, 0.15) is 29.7 Å². The van der Waals surface area contributed by atoms with E-state index in [1.165, 1.54) is 0 Å². The Bertz CT molecular complexity index is 1120. The predicted octanol–water partition coefficient (Wildman–Crippen LogP) is 5.93. The van der Waals surface area contributed by atoms with E-state index in [1.807, 2.05) is 67.7 Å². The van der Waals surface area contributed by atoms with Gasteiger partial charge in [0.15, 0.2) is 11.5 Å². The Morgan fingerprint density at radius 1 is 1.00 bits per heavy atom. The normalized spacial score (nSPS) is 12.1. The molecule has 0 aliphatic heterocycles. The van der Waals surface area contributed by atoms with Crippen molar-refractivity contribution in [3.63, 3.8) is 0 Å². The molecule has 2 heterocycles. The molecule has 30 heavy (non-hydrogen) atoms. The first-order valence-electron chi connectivity index (χ1n) is 9.79. The average Bonchev–Trinajstić information content (AvgIpc) is 3.19. The number of nitrogens with zero attached hydrogens (tertiary/aromatic N) is 1. The first-order valence-corrected chi connectivity index (χ1v) is 10.2. The van der Waals surface area contributed by atoms with Crippen LogP contribution in [-0.2, 0) is 11.3 Å². The fraction of sp³-hybridized carbons (Fsp3) is 0.208. The third-order valence-corrected chi connectivity index (χ3v) is 5.14. The highest BCUT2D eigenvalue weighted by Crippen LogP contribution is 2.41. The molecular weight excluding hydrogens is 400 g/mol. The van der Waals surface area contributed by atoms with Crippen LogP contribution in [0.2, 0.25) is 5.02 Å². The van der Waals surface area contributed by atoms with Crippen molar-refractivity contribution in [3.05, 3.63) is 88.7 Å². The van der Waals surface area contributed by atoms with Gasteiger partial charge >= 0.3 is 0 Å². The second kappa shape index (κ2) is 9.20. The van der Waals surface area contributed by atoms with Crippen molar-refractivity contribution < 1.29 is 14.2 Å². The number of rotatable bonds is 8. The van der Waals surface area contributed by atoms with Gasteiger partial charge in [-0.3, -0.25) is 0 Å². The number of aromatic nitrogens is 2. The number of nitrogens with one attached hydrogen (secondary N) is 1. The van der Waals surface area contributed by atoms with Gasteiger partial charge in [-0.15, -0.1) is 0 Å². The monoisotopic (exact) mass is 422 g/mol. The van der Waals surface area contributed by atoms with Gasteiger partial charge in [-0.25, -0.2) is 4.98 Å². The summed E-state index contributed by atoms with van der Waals surface area (Å²) >= 11 is 5.98. The van der Waals surface area contributed by atoms with Gasteiger partial charge in [0.05, 0.1) is 6.61 Å². The number of ether oxygens (including phenoxy) is 3. The summed E-state index contributed by atoms with van der Waals surface area (Å²) in [5.74, 6) is 1.35. The lowest BCUT2D eigenvalue weighted by atomic mass is 10.00. The quantitative estimate of drug-likeness (QED) is 0.382. The van der Waals surface area contributed by atoms with E-state index in [4.69, 9.17) is 25.8 Å². The van der Waals surface area contributed by atoms with E-state index in [2.05, 4.69) is 9.97 Å². The molecule has 6 heteroatoms. The standard InChI is InChI=1S/C24H23ClN2O3/c1-3-29-23-19(22(28-2)20-14-27-24-18(20)7-5-13-26-24)6-4-8-21(23)30-15-16-9-11-17(25)12-10-16/h4-14,22H,3,15H2,1-2H3,(H,26,27). The maximum Gasteiger partial charge on any atom is 0.167 e. The van der Waals surface area contributed by atoms with Gasteiger partial charge in [-0.05, 0) is 42.8 Å². The minimum atomic E-state index is -0.330. The molecule has 4 aromatic rings. The molecule has 0 amide bonds. The van der Waals surface area contributed by atoms with E-state index in [9.17, 15) is 0 Å². The lowest BCUT2D eigenvalue weighted by Gasteiger charge is -2.21. The molecule has 1 unspecified atom stereocenters. The van der Waals surface area contributed by atoms with Crippen LogP contribution in [0.4, 0.5) is 0 Å². The highest BCUT2D eigenvalue weighted by molar-refractivity contribution is 6.30. The average molecular weight is 423 g/mol. The number of benzene rings is 2. The number of methoxy groups -OCH3 is 1. The Balaban J connectivity index is 1.69. The summed E-state index contributed by atoms with van der Waals surface area (Å²) in [6.07, 6.45) is 3.37. The van der Waals surface area contributed by atoms with E-state index in [0.717, 1.165) is 27.7 Å². The first-order chi connectivity index (χ1) is 14.7. The van der Waals surface area contributed by atoms with E-state index in [-0.39, 0.29) is 6.10 Å². The highest BCUT2D eigenvalue weighted by Gasteiger charge is 2.24. The maximum atomic E-state index is 6.11. The van der Waals surface area contributed by atoms with Crippen LogP contribution in [0.3, 0.4) is 0 Å². The van der Waals surface area contributed by atoms with E-state index in [1.54, 1.807) is 13.3 Å². The van der Waals surface area contributed by atoms with Gasteiger partial charge in [0.2, 0.25) is 0 Å². The van der Waals surface area contributed by atoms with Crippen molar-refractivity contribution in [2.75, 3.05) is 13.7 Å².